The van der Waals surface area contributed by atoms with E-state index in [4.69, 9.17) is 5.73 Å². The van der Waals surface area contributed by atoms with Crippen LogP contribution in [-0.4, -0.2) is 17.4 Å². The zero-order chi connectivity index (χ0) is 13.7. The van der Waals surface area contributed by atoms with E-state index in [9.17, 15) is 4.79 Å². The number of carbonyl (C=O) groups excluding carboxylic acids is 1. The molecule has 0 fully saturated rings. The average molecular weight is 257 g/mol. The van der Waals surface area contributed by atoms with E-state index in [1.54, 1.807) is 6.07 Å². The van der Waals surface area contributed by atoms with E-state index in [-0.39, 0.29) is 5.91 Å². The first-order chi connectivity index (χ1) is 9.22. The first-order valence-corrected chi connectivity index (χ1v) is 6.66. The standard InChI is InChI=1S/C15H19N3O/c1-2-3-6-9-17-15(19)13-10-11-7-4-5-8-12(11)14(16)18-13/h4-5,7-8,10H,2-3,6,9H2,1H3,(H2,16,18)(H,17,19). The molecule has 1 aromatic heterocycles. The lowest BCUT2D eigenvalue weighted by Crippen LogP contribution is -2.25. The number of aromatic nitrogens is 1. The second kappa shape index (κ2) is 6.18. The Morgan fingerprint density at radius 1 is 1.32 bits per heavy atom. The van der Waals surface area contributed by atoms with Crippen molar-refractivity contribution in [3.63, 3.8) is 0 Å². The zero-order valence-electron chi connectivity index (χ0n) is 11.1. The highest BCUT2D eigenvalue weighted by atomic mass is 16.1. The van der Waals surface area contributed by atoms with Crippen LogP contribution in [0.1, 0.15) is 36.7 Å². The average Bonchev–Trinajstić information content (AvgIpc) is 2.43. The Morgan fingerprint density at radius 2 is 2.11 bits per heavy atom. The maximum atomic E-state index is 12.0. The van der Waals surface area contributed by atoms with Crippen LogP contribution in [0.5, 0.6) is 0 Å². The number of carbonyl (C=O) groups is 1. The SMILES string of the molecule is CCCCCNC(=O)c1cc2ccccc2c(N)n1. The Morgan fingerprint density at radius 3 is 2.89 bits per heavy atom. The van der Waals surface area contributed by atoms with Crippen LogP contribution in [-0.2, 0) is 0 Å². The summed E-state index contributed by atoms with van der Waals surface area (Å²) in [6.45, 7) is 2.81. The number of rotatable bonds is 5. The van der Waals surface area contributed by atoms with Gasteiger partial charge in [0.05, 0.1) is 0 Å². The summed E-state index contributed by atoms with van der Waals surface area (Å²) >= 11 is 0. The number of nitrogens with one attached hydrogen (secondary N) is 1. The minimum absolute atomic E-state index is 0.159. The van der Waals surface area contributed by atoms with Crippen molar-refractivity contribution in [3.8, 4) is 0 Å². The van der Waals surface area contributed by atoms with Crippen LogP contribution in [0.15, 0.2) is 30.3 Å². The number of pyridine rings is 1. The Kier molecular flexibility index (Phi) is 4.34. The molecule has 0 saturated heterocycles. The van der Waals surface area contributed by atoms with Crippen molar-refractivity contribution >= 4 is 22.5 Å². The maximum absolute atomic E-state index is 12.0. The third kappa shape index (κ3) is 3.22. The number of anilines is 1. The number of unbranched alkanes of at least 4 members (excludes halogenated alkanes) is 2. The lowest BCUT2D eigenvalue weighted by atomic mass is 10.1. The van der Waals surface area contributed by atoms with E-state index in [2.05, 4.69) is 17.2 Å². The summed E-state index contributed by atoms with van der Waals surface area (Å²) in [4.78, 5) is 16.1. The van der Waals surface area contributed by atoms with Crippen LogP contribution in [0.25, 0.3) is 10.8 Å². The molecule has 0 atom stereocenters. The summed E-state index contributed by atoms with van der Waals surface area (Å²) < 4.78 is 0. The van der Waals surface area contributed by atoms with Gasteiger partial charge in [0.25, 0.3) is 5.91 Å². The molecule has 2 aromatic rings. The number of benzene rings is 1. The van der Waals surface area contributed by atoms with Crippen LogP contribution in [0.2, 0.25) is 0 Å². The van der Waals surface area contributed by atoms with Crippen LogP contribution >= 0.6 is 0 Å². The molecule has 1 aromatic carbocycles. The molecule has 3 N–H and O–H groups in total. The van der Waals surface area contributed by atoms with Crippen molar-refractivity contribution in [2.24, 2.45) is 0 Å². The fraction of sp³-hybridized carbons (Fsp3) is 0.333. The molecular weight excluding hydrogens is 238 g/mol. The van der Waals surface area contributed by atoms with E-state index < -0.39 is 0 Å². The number of nitrogens with zero attached hydrogens (tertiary/aromatic N) is 1. The first-order valence-electron chi connectivity index (χ1n) is 6.66. The number of hydrogen-bond acceptors (Lipinski definition) is 3. The fourth-order valence-corrected chi connectivity index (χ4v) is 2.01. The van der Waals surface area contributed by atoms with Gasteiger partial charge in [-0.15, -0.1) is 0 Å². The smallest absolute Gasteiger partial charge is 0.269 e. The molecule has 0 spiro atoms. The molecule has 1 heterocycles. The van der Waals surface area contributed by atoms with Gasteiger partial charge in [-0.1, -0.05) is 44.0 Å². The van der Waals surface area contributed by atoms with Crippen LogP contribution in [0.4, 0.5) is 5.82 Å². The Bertz CT molecular complexity index is 581. The van der Waals surface area contributed by atoms with Gasteiger partial charge in [0.15, 0.2) is 0 Å². The van der Waals surface area contributed by atoms with Gasteiger partial charge in [-0.3, -0.25) is 4.79 Å². The third-order valence-electron chi connectivity index (χ3n) is 3.07. The number of amides is 1. The lowest BCUT2D eigenvalue weighted by Gasteiger charge is -2.07. The van der Waals surface area contributed by atoms with E-state index in [1.807, 2.05) is 24.3 Å². The molecule has 100 valence electrons. The first kappa shape index (κ1) is 13.3. The van der Waals surface area contributed by atoms with Crippen molar-refractivity contribution in [1.29, 1.82) is 0 Å². The minimum atomic E-state index is -0.159. The Balaban J connectivity index is 2.14. The second-order valence-electron chi connectivity index (χ2n) is 4.58. The van der Waals surface area contributed by atoms with Gasteiger partial charge in [0.2, 0.25) is 0 Å². The minimum Gasteiger partial charge on any atom is -0.383 e. The third-order valence-corrected chi connectivity index (χ3v) is 3.07. The lowest BCUT2D eigenvalue weighted by molar-refractivity contribution is 0.0948. The molecular formula is C15H19N3O. The van der Waals surface area contributed by atoms with Gasteiger partial charge in [0.1, 0.15) is 11.5 Å². The molecule has 0 aliphatic carbocycles. The van der Waals surface area contributed by atoms with Crippen LogP contribution in [0.3, 0.4) is 0 Å². The van der Waals surface area contributed by atoms with Gasteiger partial charge in [0, 0.05) is 11.9 Å². The highest BCUT2D eigenvalue weighted by Crippen LogP contribution is 2.19. The van der Waals surface area contributed by atoms with E-state index in [1.165, 1.54) is 0 Å². The predicted molar refractivity (Wildman–Crippen MR) is 78.0 cm³/mol. The normalized spacial score (nSPS) is 10.6. The number of nitrogen functional groups attached to an aromatic ring is 1. The summed E-state index contributed by atoms with van der Waals surface area (Å²) in [5, 5.41) is 4.69. The molecule has 1 amide bonds. The van der Waals surface area contributed by atoms with Crippen molar-refractivity contribution < 1.29 is 4.79 Å². The Hall–Kier alpha value is -2.10. The quantitative estimate of drug-likeness (QED) is 0.809. The van der Waals surface area contributed by atoms with Crippen molar-refractivity contribution in [2.75, 3.05) is 12.3 Å². The highest BCUT2D eigenvalue weighted by molar-refractivity contribution is 5.99. The fourth-order valence-electron chi connectivity index (χ4n) is 2.01. The molecule has 2 rings (SSSR count). The molecule has 0 aliphatic rings. The number of nitrogens with two attached hydrogens (primary N) is 1. The molecule has 0 radical (unpaired) electrons. The number of hydrogen-bond donors (Lipinski definition) is 2. The second-order valence-corrected chi connectivity index (χ2v) is 4.58. The molecule has 19 heavy (non-hydrogen) atoms. The molecule has 0 unspecified atom stereocenters. The summed E-state index contributed by atoms with van der Waals surface area (Å²) in [5.41, 5.74) is 6.26. The Labute approximate surface area is 113 Å². The molecule has 4 heteroatoms. The predicted octanol–water partition coefficient (Wildman–Crippen LogP) is 2.74. The van der Waals surface area contributed by atoms with Gasteiger partial charge in [-0.05, 0) is 17.9 Å². The highest BCUT2D eigenvalue weighted by Gasteiger charge is 2.09. The zero-order valence-corrected chi connectivity index (χ0v) is 11.1. The number of fused-ring (bicyclic) bond motifs is 1. The van der Waals surface area contributed by atoms with Gasteiger partial charge < -0.3 is 11.1 Å². The molecule has 0 aliphatic heterocycles. The monoisotopic (exact) mass is 257 g/mol. The van der Waals surface area contributed by atoms with E-state index >= 15 is 0 Å². The summed E-state index contributed by atoms with van der Waals surface area (Å²) in [7, 11) is 0. The molecule has 4 nitrogen and oxygen atoms in total. The van der Waals surface area contributed by atoms with Crippen molar-refractivity contribution in [3.05, 3.63) is 36.0 Å². The van der Waals surface area contributed by atoms with Crippen molar-refractivity contribution in [2.45, 2.75) is 26.2 Å². The molecule has 0 saturated carbocycles. The van der Waals surface area contributed by atoms with Gasteiger partial charge in [-0.25, -0.2) is 4.98 Å². The van der Waals surface area contributed by atoms with E-state index in [0.717, 1.165) is 30.0 Å². The summed E-state index contributed by atoms with van der Waals surface area (Å²) in [6, 6.07) is 9.44. The van der Waals surface area contributed by atoms with Crippen LogP contribution < -0.4 is 11.1 Å². The summed E-state index contributed by atoms with van der Waals surface area (Å²) in [5.74, 6) is 0.241. The summed E-state index contributed by atoms with van der Waals surface area (Å²) in [6.07, 6.45) is 3.25. The van der Waals surface area contributed by atoms with E-state index in [0.29, 0.717) is 18.1 Å². The topological polar surface area (TPSA) is 68.0 Å². The van der Waals surface area contributed by atoms with Gasteiger partial charge in [-0.2, -0.15) is 0 Å². The largest absolute Gasteiger partial charge is 0.383 e. The maximum Gasteiger partial charge on any atom is 0.269 e. The van der Waals surface area contributed by atoms with Crippen molar-refractivity contribution in [1.82, 2.24) is 10.3 Å². The van der Waals surface area contributed by atoms with Gasteiger partial charge >= 0.3 is 0 Å². The van der Waals surface area contributed by atoms with Crippen LogP contribution in [0, 0.1) is 0 Å². The molecule has 0 bridgehead atoms.